The Morgan fingerprint density at radius 1 is 0.806 bits per heavy atom. The number of rotatable bonds is 5. The van der Waals surface area contributed by atoms with E-state index in [-0.39, 0.29) is 9.92 Å². The number of likely N-dealkylation sites (N-methyl/N-ethyl adjacent to an activating group) is 1. The normalized spacial score (nSPS) is 19.1. The molecule has 0 N–H and O–H groups in total. The Balaban J connectivity index is 1.37. The van der Waals surface area contributed by atoms with Crippen molar-refractivity contribution in [1.82, 2.24) is 19.4 Å². The van der Waals surface area contributed by atoms with Gasteiger partial charge in [0.2, 0.25) is 10.0 Å². The van der Waals surface area contributed by atoms with E-state index < -0.39 is 10.0 Å². The summed E-state index contributed by atoms with van der Waals surface area (Å²) in [6.45, 7) is 9.05. The van der Waals surface area contributed by atoms with Crippen molar-refractivity contribution in [3.05, 3.63) is 40.4 Å². The van der Waals surface area contributed by atoms with E-state index in [1.807, 2.05) is 12.1 Å². The molecule has 168 valence electrons. The van der Waals surface area contributed by atoms with Crippen molar-refractivity contribution in [3.63, 3.8) is 0 Å². The number of aromatic nitrogens is 2. The quantitative estimate of drug-likeness (QED) is 0.644. The molecular weight excluding hydrogens is 459 g/mol. The lowest BCUT2D eigenvalue weighted by Gasteiger charge is -2.35. The van der Waals surface area contributed by atoms with Crippen molar-refractivity contribution in [2.24, 2.45) is 0 Å². The van der Waals surface area contributed by atoms with Crippen LogP contribution in [0.1, 0.15) is 6.92 Å². The third kappa shape index (κ3) is 4.90. The molecule has 0 bridgehead atoms. The van der Waals surface area contributed by atoms with Crippen LogP contribution in [0.5, 0.6) is 0 Å². The van der Waals surface area contributed by atoms with Gasteiger partial charge in [-0.05, 0) is 36.9 Å². The van der Waals surface area contributed by atoms with Crippen molar-refractivity contribution in [1.29, 1.82) is 0 Å². The molecule has 4 rings (SSSR count). The Labute approximate surface area is 193 Å². The molecule has 0 saturated carbocycles. The second-order valence-corrected chi connectivity index (χ2v) is 10.4. The van der Waals surface area contributed by atoms with Gasteiger partial charge in [-0.2, -0.15) is 4.31 Å². The first kappa shape index (κ1) is 22.5. The Morgan fingerprint density at radius 3 is 1.84 bits per heavy atom. The van der Waals surface area contributed by atoms with E-state index in [0.29, 0.717) is 31.2 Å². The lowest BCUT2D eigenvalue weighted by atomic mass is 10.3. The first-order valence-electron chi connectivity index (χ1n) is 10.4. The third-order valence-corrected chi connectivity index (χ3v) is 8.51. The van der Waals surface area contributed by atoms with E-state index in [9.17, 15) is 8.42 Å². The van der Waals surface area contributed by atoms with E-state index in [1.165, 1.54) is 22.5 Å². The highest BCUT2D eigenvalue weighted by Gasteiger charge is 2.29. The largest absolute Gasteiger partial charge is 0.353 e. The Kier molecular flexibility index (Phi) is 6.88. The highest BCUT2D eigenvalue weighted by Crippen LogP contribution is 2.27. The summed E-state index contributed by atoms with van der Waals surface area (Å²) in [6.07, 6.45) is 0. The fourth-order valence-electron chi connectivity index (χ4n) is 3.89. The molecule has 1 aromatic heterocycles. The lowest BCUT2D eigenvalue weighted by Crippen LogP contribution is -2.49. The highest BCUT2D eigenvalue weighted by atomic mass is 35.5. The van der Waals surface area contributed by atoms with Crippen LogP contribution < -0.4 is 9.80 Å². The molecule has 2 aliphatic heterocycles. The van der Waals surface area contributed by atoms with Crippen LogP contribution >= 0.6 is 23.2 Å². The van der Waals surface area contributed by atoms with Crippen molar-refractivity contribution >= 4 is 44.9 Å². The summed E-state index contributed by atoms with van der Waals surface area (Å²) in [5, 5.41) is 9.39. The van der Waals surface area contributed by atoms with E-state index in [1.54, 1.807) is 0 Å². The van der Waals surface area contributed by atoms with Crippen LogP contribution in [-0.2, 0) is 10.0 Å². The molecule has 1 aromatic carbocycles. The molecule has 3 heterocycles. The standard InChI is InChI=1S/C20H26Cl2N6O2S/c1-2-25-7-9-26(10-8-25)19-5-6-20(24-23-19)27-11-13-28(14-12-27)31(29,30)16-3-4-17(21)18(22)15-16/h3-6,15H,2,7-14H2,1H3. The van der Waals surface area contributed by atoms with Gasteiger partial charge >= 0.3 is 0 Å². The smallest absolute Gasteiger partial charge is 0.243 e. The van der Waals surface area contributed by atoms with Crippen LogP contribution in [-0.4, -0.2) is 86.7 Å². The number of sulfonamides is 1. The number of halogens is 2. The summed E-state index contributed by atoms with van der Waals surface area (Å²) >= 11 is 11.9. The summed E-state index contributed by atoms with van der Waals surface area (Å²) < 4.78 is 27.3. The van der Waals surface area contributed by atoms with Crippen LogP contribution in [0.2, 0.25) is 10.0 Å². The van der Waals surface area contributed by atoms with Crippen LogP contribution in [0.4, 0.5) is 11.6 Å². The van der Waals surface area contributed by atoms with Crippen LogP contribution in [0.3, 0.4) is 0 Å². The molecule has 0 unspecified atom stereocenters. The number of piperazine rings is 2. The molecule has 2 saturated heterocycles. The minimum Gasteiger partial charge on any atom is -0.353 e. The average Bonchev–Trinajstić information content (AvgIpc) is 2.81. The number of anilines is 2. The molecule has 2 aromatic rings. The Bertz CT molecular complexity index is 1000. The molecular formula is C20H26Cl2N6O2S. The van der Waals surface area contributed by atoms with Gasteiger partial charge in [-0.3, -0.25) is 0 Å². The Hall–Kier alpha value is -1.65. The monoisotopic (exact) mass is 484 g/mol. The Morgan fingerprint density at radius 2 is 1.35 bits per heavy atom. The molecule has 0 spiro atoms. The number of hydrogen-bond acceptors (Lipinski definition) is 7. The zero-order valence-corrected chi connectivity index (χ0v) is 19.7. The minimum absolute atomic E-state index is 0.155. The molecule has 0 atom stereocenters. The van der Waals surface area contributed by atoms with Gasteiger partial charge < -0.3 is 14.7 Å². The second-order valence-electron chi connectivity index (χ2n) is 7.64. The molecule has 0 amide bonds. The first-order valence-corrected chi connectivity index (χ1v) is 12.6. The predicted molar refractivity (Wildman–Crippen MR) is 124 cm³/mol. The highest BCUT2D eigenvalue weighted by molar-refractivity contribution is 7.89. The fraction of sp³-hybridized carbons (Fsp3) is 0.500. The van der Waals surface area contributed by atoms with Gasteiger partial charge in [0.1, 0.15) is 0 Å². The van der Waals surface area contributed by atoms with Crippen LogP contribution in [0.25, 0.3) is 0 Å². The summed E-state index contributed by atoms with van der Waals surface area (Å²) in [4.78, 5) is 6.89. The average molecular weight is 485 g/mol. The van der Waals surface area contributed by atoms with Crippen molar-refractivity contribution in [2.75, 3.05) is 68.7 Å². The third-order valence-electron chi connectivity index (χ3n) is 5.87. The zero-order chi connectivity index (χ0) is 22.0. The van der Waals surface area contributed by atoms with Crippen molar-refractivity contribution < 1.29 is 8.42 Å². The summed E-state index contributed by atoms with van der Waals surface area (Å²) in [7, 11) is -3.62. The number of nitrogens with zero attached hydrogens (tertiary/aromatic N) is 6. The number of hydrogen-bond donors (Lipinski definition) is 0. The first-order chi connectivity index (χ1) is 14.9. The lowest BCUT2D eigenvalue weighted by molar-refractivity contribution is 0.270. The molecule has 31 heavy (non-hydrogen) atoms. The topological polar surface area (TPSA) is 72.9 Å². The summed E-state index contributed by atoms with van der Waals surface area (Å²) in [5.74, 6) is 1.66. The van der Waals surface area contributed by atoms with Gasteiger partial charge in [0, 0.05) is 52.4 Å². The molecule has 0 radical (unpaired) electrons. The maximum atomic E-state index is 12.9. The minimum atomic E-state index is -3.62. The molecule has 2 aliphatic rings. The second kappa shape index (κ2) is 9.46. The van der Waals surface area contributed by atoms with E-state index >= 15 is 0 Å². The van der Waals surface area contributed by atoms with Gasteiger partial charge in [-0.1, -0.05) is 30.1 Å². The number of benzene rings is 1. The van der Waals surface area contributed by atoms with Crippen molar-refractivity contribution in [2.45, 2.75) is 11.8 Å². The van der Waals surface area contributed by atoms with Crippen LogP contribution in [0.15, 0.2) is 35.2 Å². The van der Waals surface area contributed by atoms with E-state index in [4.69, 9.17) is 23.2 Å². The maximum absolute atomic E-state index is 12.9. The molecule has 8 nitrogen and oxygen atoms in total. The fourth-order valence-corrected chi connectivity index (χ4v) is 5.70. The molecule has 2 fully saturated rings. The predicted octanol–water partition coefficient (Wildman–Crippen LogP) is 2.44. The van der Waals surface area contributed by atoms with Crippen molar-refractivity contribution in [3.8, 4) is 0 Å². The van der Waals surface area contributed by atoms with E-state index in [2.05, 4.69) is 31.8 Å². The molecule has 0 aliphatic carbocycles. The van der Waals surface area contributed by atoms with Gasteiger partial charge in [0.05, 0.1) is 14.9 Å². The van der Waals surface area contributed by atoms with Gasteiger partial charge in [-0.25, -0.2) is 8.42 Å². The zero-order valence-electron chi connectivity index (χ0n) is 17.4. The SMILES string of the molecule is CCN1CCN(c2ccc(N3CCN(S(=O)(=O)c4ccc(Cl)c(Cl)c4)CC3)nn2)CC1. The van der Waals surface area contributed by atoms with E-state index in [0.717, 1.165) is 44.4 Å². The maximum Gasteiger partial charge on any atom is 0.243 e. The van der Waals surface area contributed by atoms with Gasteiger partial charge in [-0.15, -0.1) is 10.2 Å². The van der Waals surface area contributed by atoms with Crippen LogP contribution in [0, 0.1) is 0 Å². The summed E-state index contributed by atoms with van der Waals surface area (Å²) in [6, 6.07) is 8.36. The molecule has 11 heteroatoms. The van der Waals surface area contributed by atoms with Gasteiger partial charge in [0.25, 0.3) is 0 Å². The van der Waals surface area contributed by atoms with Gasteiger partial charge in [0.15, 0.2) is 11.6 Å². The summed E-state index contributed by atoms with van der Waals surface area (Å²) in [5.41, 5.74) is 0.